The van der Waals surface area contributed by atoms with E-state index in [2.05, 4.69) is 48.0 Å². The monoisotopic (exact) mass is 326 g/mol. The zero-order valence-corrected chi connectivity index (χ0v) is 14.3. The van der Waals surface area contributed by atoms with Crippen molar-refractivity contribution >= 4 is 5.69 Å². The summed E-state index contributed by atoms with van der Waals surface area (Å²) < 4.78 is 0. The number of nitrogens with zero attached hydrogens (tertiary/aromatic N) is 2. The lowest BCUT2D eigenvalue weighted by Gasteiger charge is -2.62. The molecule has 1 aromatic rings. The molecule has 1 aromatic carbocycles. The minimum Gasteiger partial charge on any atom is -0.392 e. The predicted octanol–water partition coefficient (Wildman–Crippen LogP) is 1.55. The fourth-order valence-corrected chi connectivity index (χ4v) is 7.88. The lowest BCUT2D eigenvalue weighted by Crippen LogP contribution is -2.72. The van der Waals surface area contributed by atoms with Crippen molar-refractivity contribution in [1.29, 1.82) is 0 Å². The van der Waals surface area contributed by atoms with Gasteiger partial charge >= 0.3 is 0 Å². The smallest absolute Gasteiger partial charge is 0.111 e. The summed E-state index contributed by atoms with van der Waals surface area (Å²) in [6, 6.07) is 9.70. The molecule has 4 saturated heterocycles. The fourth-order valence-electron chi connectivity index (χ4n) is 7.88. The molecular weight excluding hydrogens is 300 g/mol. The summed E-state index contributed by atoms with van der Waals surface area (Å²) in [6.07, 6.45) is 2.56. The van der Waals surface area contributed by atoms with Gasteiger partial charge in [-0.1, -0.05) is 25.1 Å². The van der Waals surface area contributed by atoms with E-state index >= 15 is 0 Å². The van der Waals surface area contributed by atoms with Crippen molar-refractivity contribution in [2.45, 2.75) is 62.1 Å². The summed E-state index contributed by atoms with van der Waals surface area (Å²) in [5, 5.41) is 22.6. The van der Waals surface area contributed by atoms with Gasteiger partial charge in [-0.25, -0.2) is 0 Å². The molecule has 24 heavy (non-hydrogen) atoms. The van der Waals surface area contributed by atoms with Gasteiger partial charge in [-0.2, -0.15) is 0 Å². The quantitative estimate of drug-likeness (QED) is 0.822. The molecule has 7 rings (SSSR count). The van der Waals surface area contributed by atoms with Crippen molar-refractivity contribution in [2.24, 2.45) is 17.8 Å². The summed E-state index contributed by atoms with van der Waals surface area (Å²) in [5.74, 6) is 1.14. The SMILES string of the molecule is CCC1[C@@H]2CC3[C@@H]4N(C)c5ccccc5C45C[C@@H]([C@H]2[C@@H]5O)N3[C@H]1O. The minimum atomic E-state index is -0.319. The Balaban J connectivity index is 1.60. The molecule has 5 bridgehead atoms. The number of hydrogen-bond acceptors (Lipinski definition) is 4. The van der Waals surface area contributed by atoms with Gasteiger partial charge in [0.15, 0.2) is 0 Å². The van der Waals surface area contributed by atoms with Gasteiger partial charge in [-0.3, -0.25) is 4.90 Å². The van der Waals surface area contributed by atoms with Gasteiger partial charge in [0.05, 0.1) is 12.1 Å². The van der Waals surface area contributed by atoms with E-state index in [0.717, 1.165) is 19.3 Å². The van der Waals surface area contributed by atoms with Crippen LogP contribution in [0.1, 0.15) is 31.7 Å². The lowest BCUT2D eigenvalue weighted by atomic mass is 9.62. The van der Waals surface area contributed by atoms with Gasteiger partial charge in [0, 0.05) is 42.1 Å². The van der Waals surface area contributed by atoms with E-state index in [-0.39, 0.29) is 17.7 Å². The van der Waals surface area contributed by atoms with Gasteiger partial charge in [0.1, 0.15) is 6.23 Å². The number of hydrogen-bond donors (Lipinski definition) is 2. The van der Waals surface area contributed by atoms with E-state index in [4.69, 9.17) is 0 Å². The molecule has 10 atom stereocenters. The maximum Gasteiger partial charge on any atom is 0.111 e. The average molecular weight is 326 g/mol. The lowest BCUT2D eigenvalue weighted by molar-refractivity contribution is -0.211. The van der Waals surface area contributed by atoms with Crippen LogP contribution in [-0.4, -0.2) is 52.6 Å². The van der Waals surface area contributed by atoms with Crippen LogP contribution in [0.3, 0.4) is 0 Å². The molecule has 4 unspecified atom stereocenters. The van der Waals surface area contributed by atoms with Crippen LogP contribution in [0.5, 0.6) is 0 Å². The van der Waals surface area contributed by atoms with Crippen molar-refractivity contribution in [3.63, 3.8) is 0 Å². The number of anilines is 1. The molecule has 5 aliphatic heterocycles. The zero-order valence-electron chi connectivity index (χ0n) is 14.3. The molecule has 5 heterocycles. The van der Waals surface area contributed by atoms with E-state index in [1.54, 1.807) is 0 Å². The van der Waals surface area contributed by atoms with Crippen LogP contribution in [0.4, 0.5) is 5.69 Å². The maximum absolute atomic E-state index is 11.6. The van der Waals surface area contributed by atoms with E-state index in [9.17, 15) is 10.2 Å². The molecule has 0 aromatic heterocycles. The highest BCUT2D eigenvalue weighted by atomic mass is 16.3. The van der Waals surface area contributed by atoms with Crippen LogP contribution in [0.2, 0.25) is 0 Å². The van der Waals surface area contributed by atoms with Crippen molar-refractivity contribution in [3.05, 3.63) is 29.8 Å². The summed E-state index contributed by atoms with van der Waals surface area (Å²) in [5.41, 5.74) is 2.51. The van der Waals surface area contributed by atoms with Crippen LogP contribution in [0.15, 0.2) is 24.3 Å². The minimum absolute atomic E-state index is 0.126. The molecule has 6 aliphatic rings. The first-order chi connectivity index (χ1) is 11.6. The molecule has 5 fully saturated rings. The first kappa shape index (κ1) is 14.1. The second kappa shape index (κ2) is 4.17. The second-order valence-electron chi connectivity index (χ2n) is 8.81. The number of aliphatic hydroxyl groups is 2. The van der Waals surface area contributed by atoms with Crippen LogP contribution in [-0.2, 0) is 5.41 Å². The molecular formula is C20H26N2O2. The number of benzene rings is 1. The van der Waals surface area contributed by atoms with E-state index < -0.39 is 0 Å². The Morgan fingerprint density at radius 1 is 1.21 bits per heavy atom. The van der Waals surface area contributed by atoms with Crippen LogP contribution >= 0.6 is 0 Å². The number of likely N-dealkylation sites (N-methyl/N-ethyl adjacent to an activating group) is 1. The maximum atomic E-state index is 11.6. The molecule has 2 N–H and O–H groups in total. The third-order valence-corrected chi connectivity index (χ3v) is 8.46. The Hall–Kier alpha value is -1.10. The van der Waals surface area contributed by atoms with E-state index in [1.807, 2.05) is 0 Å². The Kier molecular flexibility index (Phi) is 2.45. The molecule has 1 spiro atoms. The van der Waals surface area contributed by atoms with E-state index in [1.165, 1.54) is 11.3 Å². The van der Waals surface area contributed by atoms with Gasteiger partial charge in [0.2, 0.25) is 0 Å². The van der Waals surface area contributed by atoms with Gasteiger partial charge in [0.25, 0.3) is 0 Å². The molecule has 128 valence electrons. The Morgan fingerprint density at radius 2 is 2.00 bits per heavy atom. The molecule has 1 saturated carbocycles. The van der Waals surface area contributed by atoms with Gasteiger partial charge in [-0.05, 0) is 36.8 Å². The number of aliphatic hydroxyl groups excluding tert-OH is 2. The third kappa shape index (κ3) is 1.20. The fraction of sp³-hybridized carbons (Fsp3) is 0.700. The second-order valence-corrected chi connectivity index (χ2v) is 8.81. The number of para-hydroxylation sites is 1. The molecule has 0 radical (unpaired) electrons. The number of fused-ring (bicyclic) bond motifs is 2. The molecule has 0 amide bonds. The van der Waals surface area contributed by atoms with Crippen molar-refractivity contribution in [2.75, 3.05) is 11.9 Å². The molecule has 4 nitrogen and oxygen atoms in total. The first-order valence-corrected chi connectivity index (χ1v) is 9.57. The van der Waals surface area contributed by atoms with E-state index in [0.29, 0.717) is 35.9 Å². The van der Waals surface area contributed by atoms with Gasteiger partial charge in [-0.15, -0.1) is 0 Å². The van der Waals surface area contributed by atoms with Crippen molar-refractivity contribution in [1.82, 2.24) is 4.90 Å². The molecule has 4 heteroatoms. The summed E-state index contributed by atoms with van der Waals surface area (Å²) >= 11 is 0. The topological polar surface area (TPSA) is 46.9 Å². The summed E-state index contributed by atoms with van der Waals surface area (Å²) in [6.45, 7) is 2.19. The van der Waals surface area contributed by atoms with Gasteiger partial charge < -0.3 is 15.1 Å². The Bertz CT molecular complexity index is 723. The predicted molar refractivity (Wildman–Crippen MR) is 91.7 cm³/mol. The van der Waals surface area contributed by atoms with Crippen molar-refractivity contribution < 1.29 is 10.2 Å². The highest BCUT2D eigenvalue weighted by Gasteiger charge is 2.76. The highest BCUT2D eigenvalue weighted by molar-refractivity contribution is 5.67. The third-order valence-electron chi connectivity index (χ3n) is 8.46. The van der Waals surface area contributed by atoms with Crippen LogP contribution in [0, 0.1) is 17.8 Å². The average Bonchev–Trinajstić information content (AvgIpc) is 2.97. The van der Waals surface area contributed by atoms with Crippen LogP contribution < -0.4 is 4.90 Å². The largest absolute Gasteiger partial charge is 0.392 e. The molecule has 1 aliphatic carbocycles. The zero-order chi connectivity index (χ0) is 16.4. The van der Waals surface area contributed by atoms with Crippen molar-refractivity contribution in [3.8, 4) is 0 Å². The normalized spacial score (nSPS) is 55.8. The summed E-state index contributed by atoms with van der Waals surface area (Å²) in [4.78, 5) is 4.83. The number of rotatable bonds is 1. The highest BCUT2D eigenvalue weighted by Crippen LogP contribution is 2.68. The van der Waals surface area contributed by atoms with Crippen LogP contribution in [0.25, 0.3) is 0 Å². The Labute approximate surface area is 143 Å². The first-order valence-electron chi connectivity index (χ1n) is 9.57. The standard InChI is InChI=1S/C20H26N2O2/c1-3-10-11-8-14-17-20(12-6-4-5-7-13(12)21(17)2)9-15(16(11)18(20)23)22(14)19(10)24/h4-7,10-11,14-19,23-24H,3,8-9H2,1-2H3/t10?,11-,14?,15-,16-,17-,18-,19-,20?/m0/s1. The summed E-state index contributed by atoms with van der Waals surface area (Å²) in [7, 11) is 2.19. The Morgan fingerprint density at radius 3 is 2.79 bits per heavy atom. The number of piperidine rings is 4.